The maximum atomic E-state index is 14.8. The highest BCUT2D eigenvalue weighted by Crippen LogP contribution is 2.29. The number of benzene rings is 1. The number of anilines is 2. The molecule has 2 aliphatic rings. The van der Waals surface area contributed by atoms with Gasteiger partial charge in [0.05, 0.1) is 31.9 Å². The molecule has 1 saturated heterocycles. The number of hydrazine groups is 1. The van der Waals surface area contributed by atoms with Crippen LogP contribution in [0.3, 0.4) is 0 Å². The van der Waals surface area contributed by atoms with Crippen LogP contribution in [0.2, 0.25) is 0 Å². The quantitative estimate of drug-likeness (QED) is 0.776. The van der Waals surface area contributed by atoms with E-state index in [1.165, 1.54) is 17.9 Å². The van der Waals surface area contributed by atoms with Gasteiger partial charge in [-0.2, -0.15) is 0 Å². The van der Waals surface area contributed by atoms with Gasteiger partial charge in [0.1, 0.15) is 24.1 Å². The zero-order chi connectivity index (χ0) is 21.1. The molecule has 0 spiro atoms. The lowest BCUT2D eigenvalue weighted by molar-refractivity contribution is -0.119. The van der Waals surface area contributed by atoms with Crippen LogP contribution in [0.1, 0.15) is 6.92 Å². The lowest BCUT2D eigenvalue weighted by Crippen LogP contribution is -2.42. The summed E-state index contributed by atoms with van der Waals surface area (Å²) in [4.78, 5) is 33.0. The average molecular weight is 412 g/mol. The van der Waals surface area contributed by atoms with Crippen molar-refractivity contribution in [2.45, 2.75) is 13.0 Å². The predicted octanol–water partition coefficient (Wildman–Crippen LogP) is 1.70. The van der Waals surface area contributed by atoms with Crippen molar-refractivity contribution in [3.05, 3.63) is 42.3 Å². The molecule has 0 aliphatic carbocycles. The third-order valence-corrected chi connectivity index (χ3v) is 4.81. The van der Waals surface area contributed by atoms with E-state index in [0.717, 1.165) is 0 Å². The molecule has 2 aromatic rings. The van der Waals surface area contributed by atoms with Crippen LogP contribution in [0.25, 0.3) is 11.1 Å². The molecule has 4 rings (SSSR count). The number of nitrogens with one attached hydrogen (secondary N) is 2. The lowest BCUT2D eigenvalue weighted by Gasteiger charge is -2.25. The Morgan fingerprint density at radius 3 is 2.90 bits per heavy atom. The second kappa shape index (κ2) is 8.36. The first kappa shape index (κ1) is 19.6. The monoisotopic (exact) mass is 412 g/mol. The zero-order valence-corrected chi connectivity index (χ0v) is 16.3. The minimum atomic E-state index is -0.568. The maximum Gasteiger partial charge on any atom is 0.414 e. The van der Waals surface area contributed by atoms with Crippen molar-refractivity contribution < 1.29 is 18.7 Å². The Morgan fingerprint density at radius 2 is 2.23 bits per heavy atom. The highest BCUT2D eigenvalue weighted by molar-refractivity contribution is 5.90. The average Bonchev–Trinajstić information content (AvgIpc) is 3.13. The standard InChI is InChI=1S/C20H21FN6O3/c1-13(28)23-10-16-11-26(20(29)30-16)15-3-4-17(18(21)8-15)14-2-5-19(24-9-14)27-7-6-22-12-25-27/h2-5,8-9,12,16H,6-7,10-11H2,1H3,(H,22,25)(H,23,28)/t16-/m0/s1. The van der Waals surface area contributed by atoms with Gasteiger partial charge in [-0.15, -0.1) is 0 Å². The van der Waals surface area contributed by atoms with Crippen LogP contribution in [0, 0.1) is 5.82 Å². The summed E-state index contributed by atoms with van der Waals surface area (Å²) in [5.41, 5.74) is 4.41. The van der Waals surface area contributed by atoms with E-state index in [1.54, 1.807) is 36.8 Å². The molecule has 2 amide bonds. The van der Waals surface area contributed by atoms with Gasteiger partial charge in [0.2, 0.25) is 5.91 Å². The summed E-state index contributed by atoms with van der Waals surface area (Å²) >= 11 is 0. The van der Waals surface area contributed by atoms with Gasteiger partial charge < -0.3 is 10.1 Å². The maximum absolute atomic E-state index is 14.8. The molecule has 0 radical (unpaired) electrons. The Kier molecular flexibility index (Phi) is 5.46. The molecule has 156 valence electrons. The third kappa shape index (κ3) is 4.17. The Labute approximate surface area is 172 Å². The number of amides is 2. The number of aromatic nitrogens is 1. The topological polar surface area (TPSA) is 99.2 Å². The van der Waals surface area contributed by atoms with Crippen LogP contribution >= 0.6 is 0 Å². The minimum absolute atomic E-state index is 0.205. The molecule has 1 aromatic carbocycles. The van der Waals surface area contributed by atoms with Crippen LogP contribution in [-0.2, 0) is 9.53 Å². The smallest absolute Gasteiger partial charge is 0.414 e. The molecule has 30 heavy (non-hydrogen) atoms. The Balaban J connectivity index is 1.47. The number of hydrogen-bond acceptors (Lipinski definition) is 7. The number of cyclic esters (lactones) is 1. The second-order valence-electron chi connectivity index (χ2n) is 6.94. The number of halogens is 1. The van der Waals surface area contributed by atoms with E-state index < -0.39 is 18.0 Å². The number of carbonyl (C=O) groups is 2. The Hall–Kier alpha value is -3.69. The molecule has 2 aliphatic heterocycles. The van der Waals surface area contributed by atoms with Gasteiger partial charge in [0, 0.05) is 24.2 Å². The summed E-state index contributed by atoms with van der Waals surface area (Å²) < 4.78 is 20.0. The van der Waals surface area contributed by atoms with E-state index in [9.17, 15) is 14.0 Å². The number of rotatable bonds is 5. The lowest BCUT2D eigenvalue weighted by atomic mass is 10.1. The molecule has 9 nitrogen and oxygen atoms in total. The summed E-state index contributed by atoms with van der Waals surface area (Å²) in [6, 6.07) is 8.17. The molecule has 10 heteroatoms. The first-order valence-corrected chi connectivity index (χ1v) is 9.52. The highest BCUT2D eigenvalue weighted by atomic mass is 19.1. The van der Waals surface area contributed by atoms with Gasteiger partial charge in [-0.05, 0) is 30.3 Å². The van der Waals surface area contributed by atoms with E-state index >= 15 is 0 Å². The Morgan fingerprint density at radius 1 is 1.37 bits per heavy atom. The summed E-state index contributed by atoms with van der Waals surface area (Å²) in [6.07, 6.45) is 2.17. The second-order valence-corrected chi connectivity index (χ2v) is 6.94. The van der Waals surface area contributed by atoms with E-state index in [1.807, 2.05) is 5.01 Å². The first-order valence-electron chi connectivity index (χ1n) is 9.52. The van der Waals surface area contributed by atoms with Gasteiger partial charge in [-0.3, -0.25) is 25.1 Å². The molecule has 0 unspecified atom stereocenters. The summed E-state index contributed by atoms with van der Waals surface area (Å²) in [7, 11) is 0. The van der Waals surface area contributed by atoms with Gasteiger partial charge in [0.25, 0.3) is 0 Å². The number of nitrogens with zero attached hydrogens (tertiary/aromatic N) is 4. The third-order valence-electron chi connectivity index (χ3n) is 4.81. The normalized spacial score (nSPS) is 18.2. The van der Waals surface area contributed by atoms with E-state index in [2.05, 4.69) is 20.7 Å². The molecule has 0 saturated carbocycles. The van der Waals surface area contributed by atoms with Crippen molar-refractivity contribution in [2.75, 3.05) is 36.1 Å². The van der Waals surface area contributed by atoms with Crippen LogP contribution in [-0.4, -0.2) is 55.6 Å². The van der Waals surface area contributed by atoms with Crippen molar-refractivity contribution in [3.63, 3.8) is 0 Å². The molecular formula is C20H21FN6O3. The molecule has 0 bridgehead atoms. The van der Waals surface area contributed by atoms with E-state index in [0.29, 0.717) is 35.7 Å². The van der Waals surface area contributed by atoms with Gasteiger partial charge >= 0.3 is 6.09 Å². The minimum Gasteiger partial charge on any atom is -0.442 e. The number of hydrogen-bond donors (Lipinski definition) is 2. The number of ether oxygens (including phenoxy) is 1. The molecule has 1 atom stereocenters. The van der Waals surface area contributed by atoms with Crippen molar-refractivity contribution in [1.82, 2.24) is 15.7 Å². The fraction of sp³-hybridized carbons (Fsp3) is 0.300. The summed E-state index contributed by atoms with van der Waals surface area (Å²) in [5, 5.41) is 4.47. The van der Waals surface area contributed by atoms with Crippen molar-refractivity contribution in [2.24, 2.45) is 4.99 Å². The van der Waals surface area contributed by atoms with Gasteiger partial charge in [0.15, 0.2) is 0 Å². The van der Waals surface area contributed by atoms with Crippen molar-refractivity contribution in [3.8, 4) is 11.1 Å². The van der Waals surface area contributed by atoms with Crippen LogP contribution in [0.5, 0.6) is 0 Å². The fourth-order valence-electron chi connectivity index (χ4n) is 3.29. The van der Waals surface area contributed by atoms with Gasteiger partial charge in [-0.1, -0.05) is 0 Å². The summed E-state index contributed by atoms with van der Waals surface area (Å²) in [5.74, 6) is 0.0408. The molecule has 2 N–H and O–H groups in total. The number of aliphatic imine (C=N–C) groups is 1. The predicted molar refractivity (Wildman–Crippen MR) is 110 cm³/mol. The van der Waals surface area contributed by atoms with Crippen molar-refractivity contribution >= 4 is 29.8 Å². The van der Waals surface area contributed by atoms with Crippen LogP contribution in [0.15, 0.2) is 41.5 Å². The zero-order valence-electron chi connectivity index (χ0n) is 16.3. The molecule has 1 aromatic heterocycles. The summed E-state index contributed by atoms with van der Waals surface area (Å²) in [6.45, 7) is 3.22. The molecule has 3 heterocycles. The first-order chi connectivity index (χ1) is 14.5. The van der Waals surface area contributed by atoms with Crippen LogP contribution in [0.4, 0.5) is 20.7 Å². The fourth-order valence-corrected chi connectivity index (χ4v) is 3.29. The van der Waals surface area contributed by atoms with Crippen LogP contribution < -0.4 is 20.7 Å². The number of carbonyl (C=O) groups excluding carboxylic acids is 2. The Bertz CT molecular complexity index is 981. The van der Waals surface area contributed by atoms with E-state index in [4.69, 9.17) is 4.74 Å². The largest absolute Gasteiger partial charge is 0.442 e. The molecule has 1 fully saturated rings. The molecular weight excluding hydrogens is 391 g/mol. The number of pyridine rings is 1. The van der Waals surface area contributed by atoms with E-state index in [-0.39, 0.29) is 19.0 Å². The van der Waals surface area contributed by atoms with Gasteiger partial charge in [-0.25, -0.2) is 14.2 Å². The highest BCUT2D eigenvalue weighted by Gasteiger charge is 2.32. The SMILES string of the molecule is CC(=O)NC[C@H]1CN(c2ccc(-c3ccc(N4CCN=CN4)nc3)c(F)c2)C(=O)O1. The van der Waals surface area contributed by atoms with Crippen molar-refractivity contribution in [1.29, 1.82) is 0 Å².